The van der Waals surface area contributed by atoms with Crippen LogP contribution < -0.4 is 0 Å². The van der Waals surface area contributed by atoms with Gasteiger partial charge in [0.05, 0.1) is 13.0 Å². The zero-order valence-corrected chi connectivity index (χ0v) is 7.66. The highest BCUT2D eigenvalue weighted by Gasteiger charge is 2.34. The number of hydrogen-bond donors (Lipinski definition) is 1. The molecule has 0 aromatic heterocycles. The zero-order chi connectivity index (χ0) is 9.84. The minimum absolute atomic E-state index is 0.0232. The second kappa shape index (κ2) is 4.25. The molecule has 1 saturated carbocycles. The third-order valence-electron chi connectivity index (χ3n) is 2.60. The van der Waals surface area contributed by atoms with Gasteiger partial charge in [-0.2, -0.15) is 0 Å². The first-order chi connectivity index (χ1) is 6.15. The van der Waals surface area contributed by atoms with Crippen molar-refractivity contribution in [2.75, 3.05) is 7.11 Å². The van der Waals surface area contributed by atoms with Crippen molar-refractivity contribution in [2.24, 2.45) is 11.8 Å². The monoisotopic (exact) mass is 186 g/mol. The van der Waals surface area contributed by atoms with Crippen LogP contribution in [0.25, 0.3) is 0 Å². The van der Waals surface area contributed by atoms with Crippen molar-refractivity contribution in [2.45, 2.75) is 25.7 Å². The van der Waals surface area contributed by atoms with E-state index in [0.29, 0.717) is 0 Å². The quantitative estimate of drug-likeness (QED) is 0.669. The first-order valence-electron chi connectivity index (χ1n) is 4.44. The third-order valence-corrected chi connectivity index (χ3v) is 2.60. The van der Waals surface area contributed by atoms with E-state index in [1.54, 1.807) is 0 Å². The summed E-state index contributed by atoms with van der Waals surface area (Å²) in [7, 11) is 1.35. The van der Waals surface area contributed by atoms with Gasteiger partial charge in [0.25, 0.3) is 0 Å². The van der Waals surface area contributed by atoms with Gasteiger partial charge in [-0.3, -0.25) is 9.59 Å². The number of methoxy groups -OCH3 is 1. The van der Waals surface area contributed by atoms with Crippen LogP contribution in [0.4, 0.5) is 0 Å². The fourth-order valence-electron chi connectivity index (χ4n) is 1.97. The van der Waals surface area contributed by atoms with E-state index in [1.165, 1.54) is 7.11 Å². The fraction of sp³-hybridized carbons (Fsp3) is 0.778. The minimum atomic E-state index is -0.833. The number of carboxylic acids is 1. The predicted octanol–water partition coefficient (Wildman–Crippen LogP) is 1.05. The SMILES string of the molecule is COC(=O)C1CCCC1CC(=O)O. The number of carboxylic acid groups (broad SMARTS) is 1. The van der Waals surface area contributed by atoms with Crippen LogP contribution in [0.3, 0.4) is 0 Å². The Hall–Kier alpha value is -1.06. The van der Waals surface area contributed by atoms with Crippen LogP contribution in [-0.4, -0.2) is 24.2 Å². The Labute approximate surface area is 76.9 Å². The van der Waals surface area contributed by atoms with Crippen molar-refractivity contribution in [3.63, 3.8) is 0 Å². The van der Waals surface area contributed by atoms with Crippen LogP contribution in [0, 0.1) is 11.8 Å². The molecule has 2 unspecified atom stereocenters. The highest BCUT2D eigenvalue weighted by Crippen LogP contribution is 2.34. The lowest BCUT2D eigenvalue weighted by atomic mass is 9.93. The van der Waals surface area contributed by atoms with Gasteiger partial charge in [0.15, 0.2) is 0 Å². The standard InChI is InChI=1S/C9H14O4/c1-13-9(12)7-4-2-3-6(7)5-8(10)11/h6-7H,2-5H2,1H3,(H,10,11). The molecule has 0 aromatic rings. The van der Waals surface area contributed by atoms with E-state index in [2.05, 4.69) is 4.74 Å². The molecule has 0 bridgehead atoms. The summed E-state index contributed by atoms with van der Waals surface area (Å²) < 4.78 is 4.61. The van der Waals surface area contributed by atoms with Gasteiger partial charge in [0.2, 0.25) is 0 Å². The van der Waals surface area contributed by atoms with Crippen molar-refractivity contribution in [3.05, 3.63) is 0 Å². The summed E-state index contributed by atoms with van der Waals surface area (Å²) in [5, 5.41) is 8.59. The molecule has 2 atom stereocenters. The van der Waals surface area contributed by atoms with Gasteiger partial charge < -0.3 is 9.84 Å². The number of rotatable bonds is 3. The maximum absolute atomic E-state index is 11.2. The molecule has 1 fully saturated rings. The summed E-state index contributed by atoms with van der Waals surface area (Å²) in [5.74, 6) is -1.31. The van der Waals surface area contributed by atoms with Gasteiger partial charge in [-0.15, -0.1) is 0 Å². The Kier molecular flexibility index (Phi) is 3.28. The van der Waals surface area contributed by atoms with Gasteiger partial charge in [-0.1, -0.05) is 6.42 Å². The first-order valence-corrected chi connectivity index (χ1v) is 4.44. The summed E-state index contributed by atoms with van der Waals surface area (Å²) in [6.45, 7) is 0. The molecule has 74 valence electrons. The molecule has 0 amide bonds. The lowest BCUT2D eigenvalue weighted by Gasteiger charge is -2.14. The molecule has 4 nitrogen and oxygen atoms in total. The number of carbonyl (C=O) groups is 2. The highest BCUT2D eigenvalue weighted by atomic mass is 16.5. The maximum atomic E-state index is 11.2. The Morgan fingerprint density at radius 3 is 2.69 bits per heavy atom. The Bertz CT molecular complexity index is 212. The van der Waals surface area contributed by atoms with Crippen LogP contribution in [0.15, 0.2) is 0 Å². The second-order valence-corrected chi connectivity index (χ2v) is 3.42. The summed E-state index contributed by atoms with van der Waals surface area (Å²) in [5.41, 5.74) is 0. The van der Waals surface area contributed by atoms with Crippen LogP contribution >= 0.6 is 0 Å². The Morgan fingerprint density at radius 2 is 2.15 bits per heavy atom. The molecule has 0 heterocycles. The zero-order valence-electron chi connectivity index (χ0n) is 7.66. The normalized spacial score (nSPS) is 27.2. The Morgan fingerprint density at radius 1 is 1.46 bits per heavy atom. The van der Waals surface area contributed by atoms with E-state index in [-0.39, 0.29) is 24.2 Å². The maximum Gasteiger partial charge on any atom is 0.308 e. The van der Waals surface area contributed by atoms with Gasteiger partial charge in [0, 0.05) is 6.42 Å². The third kappa shape index (κ3) is 2.44. The second-order valence-electron chi connectivity index (χ2n) is 3.42. The molecule has 0 aliphatic heterocycles. The van der Waals surface area contributed by atoms with Crippen LogP contribution in [-0.2, 0) is 14.3 Å². The molecule has 0 aromatic carbocycles. The molecule has 1 N–H and O–H groups in total. The molecule has 0 saturated heterocycles. The average molecular weight is 186 g/mol. The molecule has 0 radical (unpaired) electrons. The number of hydrogen-bond acceptors (Lipinski definition) is 3. The molecule has 4 heteroatoms. The number of aliphatic carboxylic acids is 1. The molecular weight excluding hydrogens is 172 g/mol. The summed E-state index contributed by atoms with van der Waals surface area (Å²) in [4.78, 5) is 21.7. The molecular formula is C9H14O4. The van der Waals surface area contributed by atoms with Crippen LogP contribution in [0.2, 0.25) is 0 Å². The van der Waals surface area contributed by atoms with E-state index in [1.807, 2.05) is 0 Å². The molecule has 1 aliphatic rings. The topological polar surface area (TPSA) is 63.6 Å². The lowest BCUT2D eigenvalue weighted by molar-refractivity contribution is -0.147. The van der Waals surface area contributed by atoms with Gasteiger partial charge in [-0.05, 0) is 18.8 Å². The van der Waals surface area contributed by atoms with Gasteiger partial charge in [0.1, 0.15) is 0 Å². The van der Waals surface area contributed by atoms with Gasteiger partial charge in [-0.25, -0.2) is 0 Å². The molecule has 1 aliphatic carbocycles. The first kappa shape index (κ1) is 10.0. The lowest BCUT2D eigenvalue weighted by Crippen LogP contribution is -2.22. The van der Waals surface area contributed by atoms with E-state index in [0.717, 1.165) is 19.3 Å². The number of carbonyl (C=O) groups excluding carboxylic acids is 1. The summed E-state index contributed by atoms with van der Waals surface area (Å²) in [6, 6.07) is 0. The van der Waals surface area contributed by atoms with Crippen molar-refractivity contribution in [1.82, 2.24) is 0 Å². The number of ether oxygens (including phenoxy) is 1. The van der Waals surface area contributed by atoms with E-state index in [9.17, 15) is 9.59 Å². The molecule has 13 heavy (non-hydrogen) atoms. The summed E-state index contributed by atoms with van der Waals surface area (Å²) >= 11 is 0. The average Bonchev–Trinajstić information content (AvgIpc) is 2.50. The minimum Gasteiger partial charge on any atom is -0.481 e. The largest absolute Gasteiger partial charge is 0.481 e. The van der Waals surface area contributed by atoms with E-state index < -0.39 is 5.97 Å². The fourth-order valence-corrected chi connectivity index (χ4v) is 1.97. The van der Waals surface area contributed by atoms with Crippen molar-refractivity contribution < 1.29 is 19.4 Å². The van der Waals surface area contributed by atoms with Crippen molar-refractivity contribution in [1.29, 1.82) is 0 Å². The van der Waals surface area contributed by atoms with E-state index >= 15 is 0 Å². The van der Waals surface area contributed by atoms with Crippen LogP contribution in [0.5, 0.6) is 0 Å². The number of esters is 1. The molecule has 1 rings (SSSR count). The van der Waals surface area contributed by atoms with Crippen molar-refractivity contribution in [3.8, 4) is 0 Å². The summed E-state index contributed by atoms with van der Waals surface area (Å²) in [6.07, 6.45) is 2.61. The van der Waals surface area contributed by atoms with Gasteiger partial charge >= 0.3 is 11.9 Å². The smallest absolute Gasteiger partial charge is 0.308 e. The predicted molar refractivity (Wildman–Crippen MR) is 45.1 cm³/mol. The van der Waals surface area contributed by atoms with Crippen molar-refractivity contribution >= 4 is 11.9 Å². The van der Waals surface area contributed by atoms with E-state index in [4.69, 9.17) is 5.11 Å². The van der Waals surface area contributed by atoms with Crippen LogP contribution in [0.1, 0.15) is 25.7 Å². The highest BCUT2D eigenvalue weighted by molar-refractivity contribution is 5.74. The Balaban J connectivity index is 2.53. The molecule has 0 spiro atoms.